The third kappa shape index (κ3) is 4.19. The van der Waals surface area contributed by atoms with Crippen molar-refractivity contribution in [1.82, 2.24) is 10.3 Å². The van der Waals surface area contributed by atoms with Gasteiger partial charge in [-0.15, -0.1) is 0 Å². The van der Waals surface area contributed by atoms with Crippen LogP contribution in [0.3, 0.4) is 0 Å². The summed E-state index contributed by atoms with van der Waals surface area (Å²) in [5, 5.41) is 2.83. The molecule has 0 aliphatic heterocycles. The molecule has 0 aliphatic carbocycles. The van der Waals surface area contributed by atoms with Crippen LogP contribution >= 0.6 is 0 Å². The van der Waals surface area contributed by atoms with Crippen molar-refractivity contribution in [2.45, 2.75) is 6.04 Å². The van der Waals surface area contributed by atoms with Gasteiger partial charge >= 0.3 is 0 Å². The molecule has 1 N–H and O–H groups in total. The number of benzene rings is 2. The maximum Gasteiger partial charge on any atom is 0.244 e. The number of aromatic nitrogens is 1. The van der Waals surface area contributed by atoms with Gasteiger partial charge in [0.2, 0.25) is 5.91 Å². The third-order valence-corrected chi connectivity index (χ3v) is 3.80. The second-order valence-electron chi connectivity index (χ2n) is 5.58. The van der Waals surface area contributed by atoms with Gasteiger partial charge in [-0.1, -0.05) is 42.5 Å². The van der Waals surface area contributed by atoms with Gasteiger partial charge in [0, 0.05) is 17.8 Å². The van der Waals surface area contributed by atoms with Gasteiger partial charge in [-0.3, -0.25) is 9.78 Å². The summed E-state index contributed by atoms with van der Waals surface area (Å²) < 4.78 is 27.3. The van der Waals surface area contributed by atoms with E-state index >= 15 is 0 Å². The molecule has 0 bridgehead atoms. The lowest BCUT2D eigenvalue weighted by Gasteiger charge is -2.18. The lowest BCUT2D eigenvalue weighted by atomic mass is 10.0. The molecular weight excluding hydrogens is 334 g/mol. The minimum absolute atomic E-state index is 0.253. The Balaban J connectivity index is 1.83. The first-order valence-corrected chi connectivity index (χ1v) is 8.03. The highest BCUT2D eigenvalue weighted by Crippen LogP contribution is 2.20. The predicted octanol–water partition coefficient (Wildman–Crippen LogP) is 4.28. The highest BCUT2D eigenvalue weighted by Gasteiger charge is 2.16. The summed E-state index contributed by atoms with van der Waals surface area (Å²) in [6.45, 7) is 0. The monoisotopic (exact) mass is 350 g/mol. The fraction of sp³-hybridized carbons (Fsp3) is 0.0476. The second kappa shape index (κ2) is 8.16. The number of halogens is 2. The molecule has 0 aliphatic rings. The molecule has 0 saturated heterocycles. The number of rotatable bonds is 5. The summed E-state index contributed by atoms with van der Waals surface area (Å²) in [7, 11) is 0. The van der Waals surface area contributed by atoms with Gasteiger partial charge in [-0.05, 0) is 35.9 Å². The zero-order valence-corrected chi connectivity index (χ0v) is 13.8. The van der Waals surface area contributed by atoms with Crippen molar-refractivity contribution in [1.29, 1.82) is 0 Å². The van der Waals surface area contributed by atoms with Gasteiger partial charge in [-0.25, -0.2) is 8.78 Å². The van der Waals surface area contributed by atoms with Gasteiger partial charge in [0.15, 0.2) is 0 Å². The maximum atomic E-state index is 13.7. The van der Waals surface area contributed by atoms with E-state index in [1.807, 2.05) is 36.4 Å². The van der Waals surface area contributed by atoms with Crippen molar-refractivity contribution in [3.05, 3.63) is 107 Å². The van der Waals surface area contributed by atoms with Crippen LogP contribution in [-0.2, 0) is 4.79 Å². The van der Waals surface area contributed by atoms with Crippen LogP contribution in [0, 0.1) is 11.6 Å². The van der Waals surface area contributed by atoms with Crippen LogP contribution in [0.5, 0.6) is 0 Å². The minimum Gasteiger partial charge on any atom is -0.340 e. The van der Waals surface area contributed by atoms with E-state index in [1.54, 1.807) is 18.3 Å². The van der Waals surface area contributed by atoms with Crippen LogP contribution in [0.4, 0.5) is 8.78 Å². The van der Waals surface area contributed by atoms with Gasteiger partial charge in [0.05, 0.1) is 11.7 Å². The first-order chi connectivity index (χ1) is 12.6. The van der Waals surface area contributed by atoms with E-state index in [1.165, 1.54) is 6.07 Å². The average Bonchev–Trinajstić information content (AvgIpc) is 2.67. The molecule has 1 heterocycles. The van der Waals surface area contributed by atoms with Crippen molar-refractivity contribution >= 4 is 12.0 Å². The summed E-state index contributed by atoms with van der Waals surface area (Å²) in [5.41, 5.74) is 1.26. The van der Waals surface area contributed by atoms with Crippen LogP contribution in [0.2, 0.25) is 0 Å². The quantitative estimate of drug-likeness (QED) is 0.698. The van der Waals surface area contributed by atoms with E-state index in [4.69, 9.17) is 0 Å². The summed E-state index contributed by atoms with van der Waals surface area (Å²) in [6, 6.07) is 17.9. The number of hydrogen-bond donors (Lipinski definition) is 1. The fourth-order valence-electron chi connectivity index (χ4n) is 2.54. The Bertz CT molecular complexity index is 852. The van der Waals surface area contributed by atoms with Crippen molar-refractivity contribution in [3.63, 3.8) is 0 Å². The maximum absolute atomic E-state index is 13.7. The van der Waals surface area contributed by atoms with Crippen molar-refractivity contribution in [2.75, 3.05) is 0 Å². The molecule has 5 heteroatoms. The minimum atomic E-state index is -0.724. The van der Waals surface area contributed by atoms with E-state index in [0.29, 0.717) is 5.69 Å². The molecule has 1 aromatic heterocycles. The summed E-state index contributed by atoms with van der Waals surface area (Å²) in [6.07, 6.45) is 3.88. The number of nitrogens with zero attached hydrogens (tertiary/aromatic N) is 1. The number of carbonyl (C=O) groups is 1. The van der Waals surface area contributed by atoms with Crippen molar-refractivity contribution in [3.8, 4) is 0 Å². The van der Waals surface area contributed by atoms with E-state index in [0.717, 1.165) is 29.8 Å². The molecule has 0 radical (unpaired) electrons. The van der Waals surface area contributed by atoms with E-state index in [2.05, 4.69) is 10.3 Å². The number of amides is 1. The lowest BCUT2D eigenvalue weighted by Crippen LogP contribution is -2.28. The van der Waals surface area contributed by atoms with Crippen LogP contribution in [0.25, 0.3) is 6.08 Å². The number of hydrogen-bond acceptors (Lipinski definition) is 2. The Morgan fingerprint density at radius 2 is 1.62 bits per heavy atom. The second-order valence-corrected chi connectivity index (χ2v) is 5.58. The molecule has 3 rings (SSSR count). The number of carbonyl (C=O) groups excluding carboxylic acids is 1. The Kier molecular flexibility index (Phi) is 5.49. The standard InChI is InChI=1S/C21H16F2N2O/c22-17-9-6-10-18(23)16(17)12-13-20(26)25-21(15-7-2-1-3-8-15)19-11-4-5-14-24-19/h1-14,21H,(H,25,26). The number of nitrogens with one attached hydrogen (secondary N) is 1. The molecule has 130 valence electrons. The van der Waals surface area contributed by atoms with Crippen LogP contribution in [0.15, 0.2) is 79.0 Å². The topological polar surface area (TPSA) is 42.0 Å². The lowest BCUT2D eigenvalue weighted by molar-refractivity contribution is -0.116. The van der Waals surface area contributed by atoms with Gasteiger partial charge < -0.3 is 5.32 Å². The molecule has 2 aromatic carbocycles. The van der Waals surface area contributed by atoms with Crippen molar-refractivity contribution in [2.24, 2.45) is 0 Å². The highest BCUT2D eigenvalue weighted by atomic mass is 19.1. The molecule has 0 saturated carbocycles. The Morgan fingerprint density at radius 1 is 0.923 bits per heavy atom. The van der Waals surface area contributed by atoms with Crippen LogP contribution in [0.1, 0.15) is 22.9 Å². The van der Waals surface area contributed by atoms with Crippen LogP contribution < -0.4 is 5.32 Å². The third-order valence-electron chi connectivity index (χ3n) is 3.80. The van der Waals surface area contributed by atoms with Crippen molar-refractivity contribution < 1.29 is 13.6 Å². The number of pyridine rings is 1. The first-order valence-electron chi connectivity index (χ1n) is 8.03. The molecule has 3 aromatic rings. The average molecular weight is 350 g/mol. The van der Waals surface area contributed by atoms with E-state index in [9.17, 15) is 13.6 Å². The normalized spacial score (nSPS) is 12.1. The smallest absolute Gasteiger partial charge is 0.244 e. The Morgan fingerprint density at radius 3 is 2.27 bits per heavy atom. The molecule has 1 atom stereocenters. The first kappa shape index (κ1) is 17.5. The summed E-state index contributed by atoms with van der Waals surface area (Å²) >= 11 is 0. The molecule has 1 unspecified atom stereocenters. The van der Waals surface area contributed by atoms with E-state index in [-0.39, 0.29) is 5.56 Å². The molecule has 0 spiro atoms. The molecule has 3 nitrogen and oxygen atoms in total. The van der Waals surface area contributed by atoms with Crippen LogP contribution in [-0.4, -0.2) is 10.9 Å². The summed E-state index contributed by atoms with van der Waals surface area (Å²) in [4.78, 5) is 16.6. The van der Waals surface area contributed by atoms with Gasteiger partial charge in [0.25, 0.3) is 0 Å². The summed E-state index contributed by atoms with van der Waals surface area (Å²) in [5.74, 6) is -1.93. The predicted molar refractivity (Wildman–Crippen MR) is 96.1 cm³/mol. The van der Waals surface area contributed by atoms with E-state index < -0.39 is 23.6 Å². The molecule has 1 amide bonds. The SMILES string of the molecule is O=C(C=Cc1c(F)cccc1F)NC(c1ccccc1)c1ccccn1. The van der Waals surface area contributed by atoms with Gasteiger partial charge in [0.1, 0.15) is 11.6 Å². The molecular formula is C21H16F2N2O. The largest absolute Gasteiger partial charge is 0.340 e. The zero-order chi connectivity index (χ0) is 18.4. The fourth-order valence-corrected chi connectivity index (χ4v) is 2.54. The molecule has 0 fully saturated rings. The van der Waals surface area contributed by atoms with Gasteiger partial charge in [-0.2, -0.15) is 0 Å². The zero-order valence-electron chi connectivity index (χ0n) is 13.8. The Hall–Kier alpha value is -3.34. The highest BCUT2D eigenvalue weighted by molar-refractivity contribution is 5.92. The Labute approximate surface area is 150 Å². The molecule has 26 heavy (non-hydrogen) atoms.